The molecule has 0 aromatic rings. The van der Waals surface area contributed by atoms with Crippen molar-refractivity contribution in [1.29, 1.82) is 0 Å². The molecule has 1 heterocycles. The number of piperidine rings is 1. The van der Waals surface area contributed by atoms with E-state index in [9.17, 15) is 9.59 Å². The Hall–Kier alpha value is -1.10. The van der Waals surface area contributed by atoms with Crippen LogP contribution < -0.4 is 5.73 Å². The van der Waals surface area contributed by atoms with Crippen LogP contribution in [0.15, 0.2) is 0 Å². The van der Waals surface area contributed by atoms with Crippen molar-refractivity contribution >= 4 is 11.8 Å². The molecule has 5 heteroatoms. The predicted octanol–water partition coefficient (Wildman–Crippen LogP) is 0.0505. The van der Waals surface area contributed by atoms with Gasteiger partial charge in [0.15, 0.2) is 0 Å². The SMILES string of the molecule is CC1CCN(C(=O)CC(=O)N(C)C)C(CN)C1. The second-order valence-corrected chi connectivity index (χ2v) is 5.07. The van der Waals surface area contributed by atoms with Crippen molar-refractivity contribution in [2.24, 2.45) is 11.7 Å². The molecule has 98 valence electrons. The number of rotatable bonds is 3. The first kappa shape index (κ1) is 14.0. The minimum absolute atomic E-state index is 0.0438. The molecule has 17 heavy (non-hydrogen) atoms. The predicted molar refractivity (Wildman–Crippen MR) is 66.3 cm³/mol. The fourth-order valence-electron chi connectivity index (χ4n) is 2.19. The quantitative estimate of drug-likeness (QED) is 0.710. The fourth-order valence-corrected chi connectivity index (χ4v) is 2.19. The number of carbonyl (C=O) groups excluding carboxylic acids is 2. The number of nitrogens with two attached hydrogens (primary N) is 1. The Morgan fingerprint density at radius 2 is 2.06 bits per heavy atom. The van der Waals surface area contributed by atoms with E-state index in [0.29, 0.717) is 12.5 Å². The van der Waals surface area contributed by atoms with Crippen LogP contribution in [0.25, 0.3) is 0 Å². The lowest BCUT2D eigenvalue weighted by atomic mass is 9.92. The molecule has 0 radical (unpaired) electrons. The molecular formula is C12H23N3O2. The van der Waals surface area contributed by atoms with Crippen molar-refractivity contribution in [3.63, 3.8) is 0 Å². The minimum atomic E-state index is -0.149. The van der Waals surface area contributed by atoms with Gasteiger partial charge < -0.3 is 15.5 Å². The molecule has 0 saturated carbocycles. The highest BCUT2D eigenvalue weighted by Crippen LogP contribution is 2.22. The maximum Gasteiger partial charge on any atom is 0.232 e. The van der Waals surface area contributed by atoms with E-state index in [4.69, 9.17) is 5.73 Å². The topological polar surface area (TPSA) is 66.6 Å². The van der Waals surface area contributed by atoms with E-state index in [1.165, 1.54) is 4.90 Å². The first-order valence-electron chi connectivity index (χ1n) is 6.15. The van der Waals surface area contributed by atoms with E-state index in [0.717, 1.165) is 19.4 Å². The first-order chi connectivity index (χ1) is 7.95. The highest BCUT2D eigenvalue weighted by Gasteiger charge is 2.29. The Bertz CT molecular complexity index is 291. The maximum atomic E-state index is 12.0. The highest BCUT2D eigenvalue weighted by atomic mass is 16.2. The Balaban J connectivity index is 2.58. The van der Waals surface area contributed by atoms with E-state index < -0.39 is 0 Å². The van der Waals surface area contributed by atoms with Crippen LogP contribution in [0.2, 0.25) is 0 Å². The summed E-state index contributed by atoms with van der Waals surface area (Å²) < 4.78 is 0. The van der Waals surface area contributed by atoms with Gasteiger partial charge in [-0.1, -0.05) is 6.92 Å². The Morgan fingerprint density at radius 3 is 2.59 bits per heavy atom. The van der Waals surface area contributed by atoms with E-state index in [-0.39, 0.29) is 24.3 Å². The highest BCUT2D eigenvalue weighted by molar-refractivity contribution is 5.96. The summed E-state index contributed by atoms with van der Waals surface area (Å²) in [5.41, 5.74) is 5.70. The van der Waals surface area contributed by atoms with E-state index in [1.54, 1.807) is 19.0 Å². The average molecular weight is 241 g/mol. The summed E-state index contributed by atoms with van der Waals surface area (Å²) >= 11 is 0. The number of hydrogen-bond donors (Lipinski definition) is 1. The van der Waals surface area contributed by atoms with Gasteiger partial charge in [-0.2, -0.15) is 0 Å². The summed E-state index contributed by atoms with van der Waals surface area (Å²) in [6.45, 7) is 3.38. The van der Waals surface area contributed by atoms with Gasteiger partial charge in [-0.3, -0.25) is 9.59 Å². The van der Waals surface area contributed by atoms with Crippen LogP contribution in [0.1, 0.15) is 26.2 Å². The summed E-state index contributed by atoms with van der Waals surface area (Å²) in [6, 6.07) is 0.0983. The first-order valence-corrected chi connectivity index (χ1v) is 6.15. The van der Waals surface area contributed by atoms with Crippen molar-refractivity contribution in [2.45, 2.75) is 32.2 Å². The van der Waals surface area contributed by atoms with Crippen LogP contribution in [0, 0.1) is 5.92 Å². The molecule has 2 unspecified atom stereocenters. The van der Waals surface area contributed by atoms with Crippen molar-refractivity contribution in [2.75, 3.05) is 27.2 Å². The second-order valence-electron chi connectivity index (χ2n) is 5.07. The molecule has 2 amide bonds. The lowest BCUT2D eigenvalue weighted by molar-refractivity contribution is -0.141. The molecule has 2 atom stereocenters. The third-order valence-corrected chi connectivity index (χ3v) is 3.37. The molecule has 0 aromatic carbocycles. The van der Waals surface area contributed by atoms with Gasteiger partial charge in [0, 0.05) is 33.2 Å². The zero-order valence-corrected chi connectivity index (χ0v) is 11.0. The van der Waals surface area contributed by atoms with E-state index in [2.05, 4.69) is 6.92 Å². The van der Waals surface area contributed by atoms with Gasteiger partial charge in [0.2, 0.25) is 11.8 Å². The molecule has 0 aliphatic carbocycles. The fraction of sp³-hybridized carbons (Fsp3) is 0.833. The number of amides is 2. The molecule has 1 aliphatic heterocycles. The molecule has 2 N–H and O–H groups in total. The Kier molecular flexibility index (Phi) is 4.93. The largest absolute Gasteiger partial charge is 0.348 e. The van der Waals surface area contributed by atoms with Gasteiger partial charge in [-0.15, -0.1) is 0 Å². The van der Waals surface area contributed by atoms with Gasteiger partial charge in [-0.25, -0.2) is 0 Å². The van der Waals surface area contributed by atoms with Crippen molar-refractivity contribution < 1.29 is 9.59 Å². The third-order valence-electron chi connectivity index (χ3n) is 3.37. The summed E-state index contributed by atoms with van der Waals surface area (Å²) in [5.74, 6) is 0.368. The van der Waals surface area contributed by atoms with Crippen molar-refractivity contribution in [3.05, 3.63) is 0 Å². The maximum absolute atomic E-state index is 12.0. The molecule has 0 spiro atoms. The molecule has 1 rings (SSSR count). The van der Waals surface area contributed by atoms with Crippen LogP contribution >= 0.6 is 0 Å². The van der Waals surface area contributed by atoms with Gasteiger partial charge >= 0.3 is 0 Å². The lowest BCUT2D eigenvalue weighted by Crippen LogP contribution is -2.50. The number of hydrogen-bond acceptors (Lipinski definition) is 3. The zero-order valence-electron chi connectivity index (χ0n) is 11.0. The standard InChI is InChI=1S/C12H23N3O2/c1-9-4-5-15(10(6-9)8-13)12(17)7-11(16)14(2)3/h9-10H,4-8,13H2,1-3H3. The van der Waals surface area contributed by atoms with Gasteiger partial charge in [0.1, 0.15) is 6.42 Å². The minimum Gasteiger partial charge on any atom is -0.348 e. The monoisotopic (exact) mass is 241 g/mol. The van der Waals surface area contributed by atoms with Crippen molar-refractivity contribution in [1.82, 2.24) is 9.80 Å². The molecule has 1 fully saturated rings. The van der Waals surface area contributed by atoms with E-state index >= 15 is 0 Å². The lowest BCUT2D eigenvalue weighted by Gasteiger charge is -2.38. The number of likely N-dealkylation sites (tertiary alicyclic amines) is 1. The summed E-state index contributed by atoms with van der Waals surface area (Å²) in [7, 11) is 3.32. The van der Waals surface area contributed by atoms with Crippen molar-refractivity contribution in [3.8, 4) is 0 Å². The van der Waals surface area contributed by atoms with Gasteiger partial charge in [0.25, 0.3) is 0 Å². The van der Waals surface area contributed by atoms with Gasteiger partial charge in [0.05, 0.1) is 0 Å². The van der Waals surface area contributed by atoms with Crippen LogP contribution in [-0.2, 0) is 9.59 Å². The summed E-state index contributed by atoms with van der Waals surface area (Å²) in [4.78, 5) is 26.7. The molecule has 0 bridgehead atoms. The Labute approximate surface area is 103 Å². The van der Waals surface area contributed by atoms with E-state index in [1.807, 2.05) is 0 Å². The number of carbonyl (C=O) groups is 2. The zero-order chi connectivity index (χ0) is 13.0. The van der Waals surface area contributed by atoms with Crippen LogP contribution in [0.3, 0.4) is 0 Å². The van der Waals surface area contributed by atoms with Gasteiger partial charge in [-0.05, 0) is 18.8 Å². The molecule has 1 aliphatic rings. The molecule has 5 nitrogen and oxygen atoms in total. The third kappa shape index (κ3) is 3.70. The molecular weight excluding hydrogens is 218 g/mol. The second kappa shape index (κ2) is 6.00. The number of nitrogens with zero attached hydrogens (tertiary/aromatic N) is 2. The smallest absolute Gasteiger partial charge is 0.232 e. The molecule has 1 saturated heterocycles. The Morgan fingerprint density at radius 1 is 1.41 bits per heavy atom. The van der Waals surface area contributed by atoms with Crippen LogP contribution in [0.5, 0.6) is 0 Å². The normalized spacial score (nSPS) is 24.6. The van der Waals surface area contributed by atoms with Crippen LogP contribution in [-0.4, -0.2) is 54.8 Å². The summed E-state index contributed by atoms with van der Waals surface area (Å²) in [5, 5.41) is 0. The average Bonchev–Trinajstić information content (AvgIpc) is 2.28. The summed E-state index contributed by atoms with van der Waals surface area (Å²) in [6.07, 6.45) is 1.90. The molecule has 0 aromatic heterocycles. The van der Waals surface area contributed by atoms with Crippen LogP contribution in [0.4, 0.5) is 0 Å².